The predicted octanol–water partition coefficient (Wildman–Crippen LogP) is 3.28. The zero-order valence-corrected chi connectivity index (χ0v) is 16.2. The Bertz CT molecular complexity index is 1170. The summed E-state index contributed by atoms with van der Waals surface area (Å²) in [6, 6.07) is 12.2. The molecule has 1 aromatic heterocycles. The van der Waals surface area contributed by atoms with E-state index in [0.29, 0.717) is 28.8 Å². The maximum Gasteiger partial charge on any atom is 0.316 e. The predicted molar refractivity (Wildman–Crippen MR) is 112 cm³/mol. The van der Waals surface area contributed by atoms with E-state index in [1.807, 2.05) is 18.2 Å². The van der Waals surface area contributed by atoms with Gasteiger partial charge in [0.15, 0.2) is 0 Å². The zero-order chi connectivity index (χ0) is 20.4. The summed E-state index contributed by atoms with van der Waals surface area (Å²) in [5, 5.41) is 2.86. The number of aryl methyl sites for hydroxylation is 1. The third-order valence-corrected chi connectivity index (χ3v) is 5.25. The van der Waals surface area contributed by atoms with E-state index in [1.165, 1.54) is 17.4 Å². The van der Waals surface area contributed by atoms with Crippen LogP contribution < -0.4 is 21.2 Å². The minimum absolute atomic E-state index is 0.245. The third-order valence-electron chi connectivity index (χ3n) is 5.25. The molecule has 0 spiro atoms. The number of benzene rings is 2. The second kappa shape index (κ2) is 7.95. The van der Waals surface area contributed by atoms with E-state index < -0.39 is 11.1 Å². The van der Waals surface area contributed by atoms with Crippen LogP contribution in [0, 0.1) is 0 Å². The smallest absolute Gasteiger partial charge is 0.316 e. The molecule has 1 aliphatic carbocycles. The first-order valence-corrected chi connectivity index (χ1v) is 9.90. The fourth-order valence-electron chi connectivity index (χ4n) is 3.78. The van der Waals surface area contributed by atoms with Crippen LogP contribution in [0.25, 0.3) is 11.0 Å². The van der Waals surface area contributed by atoms with E-state index >= 15 is 0 Å². The van der Waals surface area contributed by atoms with Gasteiger partial charge in [0.25, 0.3) is 5.91 Å². The van der Waals surface area contributed by atoms with E-state index in [1.54, 1.807) is 31.2 Å². The Balaban J connectivity index is 1.57. The molecule has 1 amide bonds. The van der Waals surface area contributed by atoms with Crippen LogP contribution in [-0.4, -0.2) is 21.6 Å². The van der Waals surface area contributed by atoms with Crippen LogP contribution in [0.15, 0.2) is 52.1 Å². The van der Waals surface area contributed by atoms with Crippen molar-refractivity contribution in [3.05, 3.63) is 68.7 Å². The first kappa shape index (κ1) is 19.0. The number of hydrogen-bond donors (Lipinski definition) is 2. The Morgan fingerprint density at radius 3 is 2.72 bits per heavy atom. The molecule has 0 bridgehead atoms. The van der Waals surface area contributed by atoms with Crippen molar-refractivity contribution in [3.8, 4) is 5.75 Å². The van der Waals surface area contributed by atoms with Gasteiger partial charge in [0.1, 0.15) is 5.75 Å². The van der Waals surface area contributed by atoms with Gasteiger partial charge in [-0.25, -0.2) is 0 Å². The normalized spacial score (nSPS) is 14.2. The number of carbonyl (C=O) groups is 1. The van der Waals surface area contributed by atoms with Gasteiger partial charge in [0.2, 0.25) is 0 Å². The molecule has 1 heterocycles. The van der Waals surface area contributed by atoms with Crippen molar-refractivity contribution < 1.29 is 9.53 Å². The van der Waals surface area contributed by atoms with Gasteiger partial charge in [-0.3, -0.25) is 14.4 Å². The molecule has 2 N–H and O–H groups in total. The molecule has 1 fully saturated rings. The molecule has 0 aliphatic heterocycles. The fraction of sp³-hybridized carbons (Fsp3) is 0.318. The highest BCUT2D eigenvalue weighted by Gasteiger charge is 2.17. The lowest BCUT2D eigenvalue weighted by Crippen LogP contribution is -2.36. The number of aromatic nitrogens is 2. The third kappa shape index (κ3) is 3.94. The quantitative estimate of drug-likeness (QED) is 0.651. The van der Waals surface area contributed by atoms with Crippen LogP contribution in [-0.2, 0) is 6.54 Å². The van der Waals surface area contributed by atoms with Crippen molar-refractivity contribution >= 4 is 22.6 Å². The summed E-state index contributed by atoms with van der Waals surface area (Å²) >= 11 is 0. The Morgan fingerprint density at radius 2 is 1.97 bits per heavy atom. The van der Waals surface area contributed by atoms with Crippen molar-refractivity contribution in [2.24, 2.45) is 0 Å². The van der Waals surface area contributed by atoms with Gasteiger partial charge < -0.3 is 19.6 Å². The average molecular weight is 393 g/mol. The molecular weight excluding hydrogens is 370 g/mol. The SMILES string of the molecule is CCn1c(=O)c(=O)[nH]c2cc(C(=O)Nc3cccc(OC4CCCC4)c3)ccc21. The minimum Gasteiger partial charge on any atom is -0.490 e. The minimum atomic E-state index is -0.700. The van der Waals surface area contributed by atoms with Gasteiger partial charge in [0.05, 0.1) is 17.1 Å². The lowest BCUT2D eigenvalue weighted by atomic mass is 10.1. The van der Waals surface area contributed by atoms with Gasteiger partial charge in [-0.1, -0.05) is 6.07 Å². The number of aromatic amines is 1. The van der Waals surface area contributed by atoms with Crippen molar-refractivity contribution in [2.75, 3.05) is 5.32 Å². The van der Waals surface area contributed by atoms with Gasteiger partial charge >= 0.3 is 11.1 Å². The molecule has 4 rings (SSSR count). The van der Waals surface area contributed by atoms with Crippen LogP contribution in [0.2, 0.25) is 0 Å². The molecule has 7 nitrogen and oxygen atoms in total. The Hall–Kier alpha value is -3.35. The number of hydrogen-bond acceptors (Lipinski definition) is 4. The summed E-state index contributed by atoms with van der Waals surface area (Å²) in [7, 11) is 0. The molecule has 0 radical (unpaired) electrons. The molecule has 150 valence electrons. The van der Waals surface area contributed by atoms with Gasteiger partial charge in [-0.05, 0) is 62.9 Å². The van der Waals surface area contributed by atoms with E-state index in [-0.39, 0.29) is 12.0 Å². The zero-order valence-electron chi connectivity index (χ0n) is 16.2. The summed E-state index contributed by atoms with van der Waals surface area (Å²) in [4.78, 5) is 39.1. The summed E-state index contributed by atoms with van der Waals surface area (Å²) in [5.41, 5.74) is 0.752. The number of ether oxygens (including phenoxy) is 1. The highest BCUT2D eigenvalue weighted by Crippen LogP contribution is 2.26. The number of H-pyrrole nitrogens is 1. The molecule has 2 aromatic carbocycles. The van der Waals surface area contributed by atoms with Crippen LogP contribution in [0.5, 0.6) is 5.75 Å². The van der Waals surface area contributed by atoms with E-state index in [4.69, 9.17) is 4.74 Å². The lowest BCUT2D eigenvalue weighted by Gasteiger charge is -2.14. The summed E-state index contributed by atoms with van der Waals surface area (Å²) in [6.07, 6.45) is 4.76. The number of anilines is 1. The lowest BCUT2D eigenvalue weighted by molar-refractivity contribution is 0.102. The van der Waals surface area contributed by atoms with E-state index in [0.717, 1.165) is 18.6 Å². The Kier molecular flexibility index (Phi) is 5.20. The summed E-state index contributed by atoms with van der Waals surface area (Å²) < 4.78 is 7.38. The molecule has 3 aromatic rings. The van der Waals surface area contributed by atoms with Crippen LogP contribution >= 0.6 is 0 Å². The fourth-order valence-corrected chi connectivity index (χ4v) is 3.78. The molecule has 0 atom stereocenters. The maximum absolute atomic E-state index is 12.7. The summed E-state index contributed by atoms with van der Waals surface area (Å²) in [6.45, 7) is 2.17. The molecular formula is C22H23N3O4. The first-order valence-electron chi connectivity index (χ1n) is 9.90. The topological polar surface area (TPSA) is 93.2 Å². The largest absolute Gasteiger partial charge is 0.490 e. The second-order valence-corrected chi connectivity index (χ2v) is 7.24. The molecule has 29 heavy (non-hydrogen) atoms. The Morgan fingerprint density at radius 1 is 1.17 bits per heavy atom. The standard InChI is InChI=1S/C22H23N3O4/c1-2-25-19-11-10-14(12-18(19)24-21(27)22(25)28)20(26)23-15-6-5-9-17(13-15)29-16-7-3-4-8-16/h5-6,9-13,16H,2-4,7-8H2,1H3,(H,23,26)(H,24,27). The highest BCUT2D eigenvalue weighted by molar-refractivity contribution is 6.06. The monoisotopic (exact) mass is 393 g/mol. The van der Waals surface area contributed by atoms with Gasteiger partial charge in [-0.15, -0.1) is 0 Å². The maximum atomic E-state index is 12.7. The van der Waals surface area contributed by atoms with Gasteiger partial charge in [0, 0.05) is 23.9 Å². The Labute approximate surface area is 167 Å². The van der Waals surface area contributed by atoms with Crippen molar-refractivity contribution in [3.63, 3.8) is 0 Å². The van der Waals surface area contributed by atoms with Crippen molar-refractivity contribution in [2.45, 2.75) is 45.3 Å². The second-order valence-electron chi connectivity index (χ2n) is 7.24. The van der Waals surface area contributed by atoms with E-state index in [2.05, 4.69) is 10.3 Å². The van der Waals surface area contributed by atoms with E-state index in [9.17, 15) is 14.4 Å². The first-order chi connectivity index (χ1) is 14.0. The molecule has 0 saturated heterocycles. The van der Waals surface area contributed by atoms with Crippen molar-refractivity contribution in [1.29, 1.82) is 0 Å². The van der Waals surface area contributed by atoms with Crippen LogP contribution in [0.1, 0.15) is 43.0 Å². The number of amides is 1. The molecule has 0 unspecified atom stereocenters. The van der Waals surface area contributed by atoms with Crippen LogP contribution in [0.4, 0.5) is 5.69 Å². The number of nitrogens with zero attached hydrogens (tertiary/aromatic N) is 1. The number of carbonyl (C=O) groups excluding carboxylic acids is 1. The van der Waals surface area contributed by atoms with Crippen molar-refractivity contribution in [1.82, 2.24) is 9.55 Å². The summed E-state index contributed by atoms with van der Waals surface area (Å²) in [5.74, 6) is 0.435. The van der Waals surface area contributed by atoms with Crippen LogP contribution in [0.3, 0.4) is 0 Å². The van der Waals surface area contributed by atoms with Gasteiger partial charge in [-0.2, -0.15) is 0 Å². The highest BCUT2D eigenvalue weighted by atomic mass is 16.5. The number of rotatable bonds is 5. The molecule has 7 heteroatoms. The average Bonchev–Trinajstić information content (AvgIpc) is 3.22. The number of nitrogens with one attached hydrogen (secondary N) is 2. The number of fused-ring (bicyclic) bond motifs is 1. The molecule has 1 saturated carbocycles. The molecule has 1 aliphatic rings.